The topological polar surface area (TPSA) is 17.1 Å². The lowest BCUT2D eigenvalue weighted by molar-refractivity contribution is -0.117. The Balaban J connectivity index is 2.05. The van der Waals surface area contributed by atoms with Gasteiger partial charge in [-0.2, -0.15) is 0 Å². The van der Waals surface area contributed by atoms with Crippen LogP contribution in [0.25, 0.3) is 5.57 Å². The van der Waals surface area contributed by atoms with Gasteiger partial charge < -0.3 is 0 Å². The molecule has 0 saturated heterocycles. The third-order valence-electron chi connectivity index (χ3n) is 3.24. The highest BCUT2D eigenvalue weighted by atomic mass is 16.1. The van der Waals surface area contributed by atoms with Crippen molar-refractivity contribution in [2.24, 2.45) is 5.92 Å². The second kappa shape index (κ2) is 5.11. The first-order chi connectivity index (χ1) is 7.81. The fourth-order valence-electron chi connectivity index (χ4n) is 2.26. The Hall–Kier alpha value is -1.37. The van der Waals surface area contributed by atoms with Crippen LogP contribution < -0.4 is 0 Å². The fraction of sp³-hybridized carbons (Fsp3) is 0.400. The summed E-state index contributed by atoms with van der Waals surface area (Å²) >= 11 is 0. The first-order valence-electron chi connectivity index (χ1n) is 6.11. The van der Waals surface area contributed by atoms with Gasteiger partial charge in [-0.15, -0.1) is 0 Å². The van der Waals surface area contributed by atoms with Crippen molar-refractivity contribution in [2.75, 3.05) is 0 Å². The van der Waals surface area contributed by atoms with Crippen molar-refractivity contribution in [3.63, 3.8) is 0 Å². The fourth-order valence-corrected chi connectivity index (χ4v) is 2.26. The van der Waals surface area contributed by atoms with E-state index in [9.17, 15) is 4.79 Å². The number of carbonyl (C=O) groups excluding carboxylic acids is 1. The maximum atomic E-state index is 11.8. The average Bonchev–Trinajstić information content (AvgIpc) is 2.69. The van der Waals surface area contributed by atoms with E-state index < -0.39 is 0 Å². The van der Waals surface area contributed by atoms with Gasteiger partial charge in [0.2, 0.25) is 0 Å². The molecule has 1 aromatic carbocycles. The molecule has 0 spiro atoms. The Morgan fingerprint density at radius 2 is 2.00 bits per heavy atom. The average molecular weight is 214 g/mol. The van der Waals surface area contributed by atoms with E-state index in [1.807, 2.05) is 24.3 Å². The highest BCUT2D eigenvalue weighted by Crippen LogP contribution is 2.32. The smallest absolute Gasteiger partial charge is 0.159 e. The van der Waals surface area contributed by atoms with E-state index in [2.05, 4.69) is 19.1 Å². The van der Waals surface area contributed by atoms with Crippen molar-refractivity contribution in [1.29, 1.82) is 0 Å². The Bertz CT molecular complexity index is 389. The number of benzene rings is 1. The maximum absolute atomic E-state index is 11.8. The van der Waals surface area contributed by atoms with Crippen LogP contribution in [0.3, 0.4) is 0 Å². The van der Waals surface area contributed by atoms with Crippen molar-refractivity contribution in [3.8, 4) is 0 Å². The summed E-state index contributed by atoms with van der Waals surface area (Å²) in [5, 5.41) is 0. The zero-order chi connectivity index (χ0) is 11.4. The van der Waals surface area contributed by atoms with Gasteiger partial charge in [-0.25, -0.2) is 0 Å². The molecule has 1 unspecified atom stereocenters. The van der Waals surface area contributed by atoms with Gasteiger partial charge in [-0.05, 0) is 30.1 Å². The van der Waals surface area contributed by atoms with Gasteiger partial charge in [0.05, 0.1) is 0 Å². The second-order valence-corrected chi connectivity index (χ2v) is 4.48. The second-order valence-electron chi connectivity index (χ2n) is 4.48. The van der Waals surface area contributed by atoms with Crippen molar-refractivity contribution in [3.05, 3.63) is 42.0 Å². The molecule has 1 atom stereocenters. The zero-order valence-corrected chi connectivity index (χ0v) is 9.78. The monoisotopic (exact) mass is 214 g/mol. The van der Waals surface area contributed by atoms with Crippen LogP contribution in [0.15, 0.2) is 36.4 Å². The molecule has 0 radical (unpaired) electrons. The lowest BCUT2D eigenvalue weighted by Crippen LogP contribution is -2.05. The SMILES string of the molecule is CCCCC1CC(c2ccccc2)=CC1=O. The Kier molecular flexibility index (Phi) is 3.55. The van der Waals surface area contributed by atoms with Gasteiger partial charge in [-0.3, -0.25) is 4.79 Å². The largest absolute Gasteiger partial charge is 0.295 e. The molecule has 1 aromatic rings. The number of rotatable bonds is 4. The van der Waals surface area contributed by atoms with Gasteiger partial charge in [0.25, 0.3) is 0 Å². The molecule has 1 aliphatic carbocycles. The van der Waals surface area contributed by atoms with Gasteiger partial charge in [0, 0.05) is 5.92 Å². The predicted octanol–water partition coefficient (Wildman–Crippen LogP) is 3.85. The van der Waals surface area contributed by atoms with Crippen LogP contribution in [0.2, 0.25) is 0 Å². The van der Waals surface area contributed by atoms with E-state index in [-0.39, 0.29) is 5.92 Å². The molecule has 1 nitrogen and oxygen atoms in total. The Labute approximate surface area is 97.2 Å². The molecule has 0 N–H and O–H groups in total. The van der Waals surface area contributed by atoms with Crippen LogP contribution in [0, 0.1) is 5.92 Å². The van der Waals surface area contributed by atoms with Crippen LogP contribution in [0.4, 0.5) is 0 Å². The quantitative estimate of drug-likeness (QED) is 0.744. The van der Waals surface area contributed by atoms with Gasteiger partial charge in [0.15, 0.2) is 5.78 Å². The Morgan fingerprint density at radius 1 is 1.25 bits per heavy atom. The van der Waals surface area contributed by atoms with Crippen LogP contribution in [0.5, 0.6) is 0 Å². The third kappa shape index (κ3) is 2.41. The molecule has 0 saturated carbocycles. The molecule has 84 valence electrons. The molecule has 1 heteroatoms. The lowest BCUT2D eigenvalue weighted by atomic mass is 9.96. The number of unbranched alkanes of at least 4 members (excludes halogenated alkanes) is 1. The predicted molar refractivity (Wildman–Crippen MR) is 67.1 cm³/mol. The molecule has 1 aliphatic rings. The molecule has 0 fully saturated rings. The van der Waals surface area contributed by atoms with Gasteiger partial charge >= 0.3 is 0 Å². The summed E-state index contributed by atoms with van der Waals surface area (Å²) in [6.07, 6.45) is 6.15. The first-order valence-corrected chi connectivity index (χ1v) is 6.11. The number of allylic oxidation sites excluding steroid dienone is 2. The standard InChI is InChI=1S/C15H18O/c1-2-3-7-13-10-14(11-15(13)16)12-8-5-4-6-9-12/h4-6,8-9,11,13H,2-3,7,10H2,1H3. The minimum absolute atomic E-state index is 0.246. The normalized spacial score (nSPS) is 19.9. The molecule has 0 heterocycles. The van der Waals surface area contributed by atoms with E-state index in [0.29, 0.717) is 5.78 Å². The van der Waals surface area contributed by atoms with Crippen molar-refractivity contribution < 1.29 is 4.79 Å². The minimum atomic E-state index is 0.246. The highest BCUT2D eigenvalue weighted by molar-refractivity contribution is 6.03. The zero-order valence-electron chi connectivity index (χ0n) is 9.78. The van der Waals surface area contributed by atoms with Crippen LogP contribution in [-0.4, -0.2) is 5.78 Å². The molecule has 0 amide bonds. The minimum Gasteiger partial charge on any atom is -0.295 e. The van der Waals surface area contributed by atoms with Crippen LogP contribution in [0.1, 0.15) is 38.2 Å². The van der Waals surface area contributed by atoms with E-state index in [1.54, 1.807) is 0 Å². The maximum Gasteiger partial charge on any atom is 0.159 e. The molecule has 16 heavy (non-hydrogen) atoms. The number of ketones is 1. The van der Waals surface area contributed by atoms with E-state index in [4.69, 9.17) is 0 Å². The van der Waals surface area contributed by atoms with Crippen LogP contribution in [-0.2, 0) is 4.79 Å². The summed E-state index contributed by atoms with van der Waals surface area (Å²) in [4.78, 5) is 11.8. The molecular weight excluding hydrogens is 196 g/mol. The third-order valence-corrected chi connectivity index (χ3v) is 3.24. The molecule has 0 aromatic heterocycles. The van der Waals surface area contributed by atoms with E-state index in [0.717, 1.165) is 19.3 Å². The van der Waals surface area contributed by atoms with Crippen LogP contribution >= 0.6 is 0 Å². The number of hydrogen-bond donors (Lipinski definition) is 0. The van der Waals surface area contributed by atoms with E-state index >= 15 is 0 Å². The molecule has 0 aliphatic heterocycles. The summed E-state index contributed by atoms with van der Waals surface area (Å²) in [5.41, 5.74) is 2.42. The van der Waals surface area contributed by atoms with Gasteiger partial charge in [0.1, 0.15) is 0 Å². The summed E-state index contributed by atoms with van der Waals surface area (Å²) < 4.78 is 0. The summed E-state index contributed by atoms with van der Waals surface area (Å²) in [7, 11) is 0. The number of carbonyl (C=O) groups is 1. The summed E-state index contributed by atoms with van der Waals surface area (Å²) in [5.74, 6) is 0.572. The van der Waals surface area contributed by atoms with Crippen molar-refractivity contribution in [2.45, 2.75) is 32.6 Å². The summed E-state index contributed by atoms with van der Waals surface area (Å²) in [6.45, 7) is 2.17. The first kappa shape index (κ1) is 11.1. The van der Waals surface area contributed by atoms with Gasteiger partial charge in [-0.1, -0.05) is 50.1 Å². The molecule has 0 bridgehead atoms. The summed E-state index contributed by atoms with van der Waals surface area (Å²) in [6, 6.07) is 10.2. The van der Waals surface area contributed by atoms with Crippen molar-refractivity contribution in [1.82, 2.24) is 0 Å². The molecule has 2 rings (SSSR count). The lowest BCUT2D eigenvalue weighted by Gasteiger charge is -2.07. The highest BCUT2D eigenvalue weighted by Gasteiger charge is 2.24. The van der Waals surface area contributed by atoms with Crippen molar-refractivity contribution >= 4 is 11.4 Å². The van der Waals surface area contributed by atoms with E-state index in [1.165, 1.54) is 17.6 Å². The Morgan fingerprint density at radius 3 is 2.69 bits per heavy atom. The molecular formula is C15H18O. The number of hydrogen-bond acceptors (Lipinski definition) is 1.